The van der Waals surface area contributed by atoms with Crippen molar-refractivity contribution < 1.29 is 0 Å². The van der Waals surface area contributed by atoms with Crippen molar-refractivity contribution in [1.82, 2.24) is 4.90 Å². The molecule has 1 rings (SSSR count). The van der Waals surface area contributed by atoms with Crippen LogP contribution in [0.25, 0.3) is 0 Å². The molecule has 0 spiro atoms. The lowest BCUT2D eigenvalue weighted by atomic mass is 10.0. The smallest absolute Gasteiger partial charge is 0.0356 e. The van der Waals surface area contributed by atoms with Gasteiger partial charge in [0.15, 0.2) is 0 Å². The van der Waals surface area contributed by atoms with E-state index in [0.29, 0.717) is 0 Å². The van der Waals surface area contributed by atoms with Crippen LogP contribution in [0.3, 0.4) is 0 Å². The van der Waals surface area contributed by atoms with Crippen LogP contribution in [-0.4, -0.2) is 37.3 Å². The Balaban J connectivity index is -0.0000000411. The quantitative estimate of drug-likeness (QED) is 0.222. The highest BCUT2D eigenvalue weighted by atomic mass is 15.1. The molecule has 0 aromatic heterocycles. The van der Waals surface area contributed by atoms with E-state index in [9.17, 15) is 0 Å². The molecule has 1 atom stereocenters. The van der Waals surface area contributed by atoms with Crippen LogP contribution in [0.4, 0.5) is 0 Å². The van der Waals surface area contributed by atoms with E-state index in [4.69, 9.17) is 0 Å². The molecule has 2 nitrogen and oxygen atoms in total. The highest BCUT2D eigenvalue weighted by molar-refractivity contribution is 5.52. The average Bonchev–Trinajstić information content (AvgIpc) is 2.99. The maximum Gasteiger partial charge on any atom is 0.0356 e. The monoisotopic (exact) mass is 563 g/mol. The number of hydrogen-bond donors (Lipinski definition) is 0. The number of rotatable bonds is 7. The Morgan fingerprint density at radius 1 is 0.769 bits per heavy atom. The van der Waals surface area contributed by atoms with Crippen molar-refractivity contribution in [3.8, 4) is 0 Å². The predicted octanol–water partition coefficient (Wildman–Crippen LogP) is 14.2. The normalized spacial score (nSPS) is 12.4. The van der Waals surface area contributed by atoms with Gasteiger partial charge in [0.1, 0.15) is 0 Å². The SMILES string of the molecule is CC.CC.CC.CC.CC.CC.CC=NCC.CCC(C)C.CCCCC.CCCCN1CC(C)=CC(C)C1. The molecular weight excluding hydrogens is 472 g/mol. The van der Waals surface area contributed by atoms with E-state index in [1.807, 2.05) is 96.9 Å². The Hall–Kier alpha value is -0.630. The summed E-state index contributed by atoms with van der Waals surface area (Å²) >= 11 is 0. The van der Waals surface area contributed by atoms with Crippen LogP contribution in [0.15, 0.2) is 16.6 Å². The lowest BCUT2D eigenvalue weighted by Crippen LogP contribution is -2.34. The van der Waals surface area contributed by atoms with Crippen LogP contribution < -0.4 is 0 Å². The second kappa shape index (κ2) is 83.2. The van der Waals surface area contributed by atoms with E-state index in [-0.39, 0.29) is 0 Å². The zero-order valence-corrected chi connectivity index (χ0v) is 32.8. The molecule has 1 aliphatic heterocycles. The maximum absolute atomic E-state index is 3.85. The minimum Gasteiger partial charge on any atom is -0.299 e. The molecule has 1 heterocycles. The van der Waals surface area contributed by atoms with Gasteiger partial charge in [0, 0.05) is 19.6 Å². The summed E-state index contributed by atoms with van der Waals surface area (Å²) in [5.41, 5.74) is 1.55. The van der Waals surface area contributed by atoms with Crippen LogP contribution in [0.5, 0.6) is 0 Å². The number of hydrogen-bond acceptors (Lipinski definition) is 2. The van der Waals surface area contributed by atoms with Gasteiger partial charge in [-0.15, -0.1) is 0 Å². The first kappa shape index (κ1) is 62.1. The van der Waals surface area contributed by atoms with Crippen molar-refractivity contribution in [2.45, 2.75) is 191 Å². The molecule has 39 heavy (non-hydrogen) atoms. The van der Waals surface area contributed by atoms with E-state index < -0.39 is 0 Å². The molecule has 0 radical (unpaired) electrons. The Bertz CT molecular complexity index is 317. The molecule has 0 aromatic rings. The summed E-state index contributed by atoms with van der Waals surface area (Å²) in [7, 11) is 0. The van der Waals surface area contributed by atoms with Crippen LogP contribution in [0, 0.1) is 11.8 Å². The first-order valence-corrected chi connectivity index (χ1v) is 17.7. The van der Waals surface area contributed by atoms with Crippen molar-refractivity contribution in [3.63, 3.8) is 0 Å². The first-order valence-electron chi connectivity index (χ1n) is 17.7. The van der Waals surface area contributed by atoms with Crippen LogP contribution >= 0.6 is 0 Å². The summed E-state index contributed by atoms with van der Waals surface area (Å²) in [4.78, 5) is 6.42. The summed E-state index contributed by atoms with van der Waals surface area (Å²) < 4.78 is 0. The van der Waals surface area contributed by atoms with Gasteiger partial charge in [-0.25, -0.2) is 0 Å². The maximum atomic E-state index is 3.85. The van der Waals surface area contributed by atoms with Crippen LogP contribution in [0.1, 0.15) is 191 Å². The third kappa shape index (κ3) is 102. The molecule has 1 aliphatic rings. The van der Waals surface area contributed by atoms with Gasteiger partial charge in [-0.3, -0.25) is 9.89 Å². The summed E-state index contributed by atoms with van der Waals surface area (Å²) in [6.45, 7) is 50.5. The van der Waals surface area contributed by atoms with Gasteiger partial charge < -0.3 is 0 Å². The summed E-state index contributed by atoms with van der Waals surface area (Å²) in [5.74, 6) is 1.64. The minimum absolute atomic E-state index is 0.760. The lowest BCUT2D eigenvalue weighted by molar-refractivity contribution is 0.255. The van der Waals surface area contributed by atoms with Gasteiger partial charge in [0.25, 0.3) is 0 Å². The molecule has 0 saturated carbocycles. The topological polar surface area (TPSA) is 15.6 Å². The molecule has 0 N–H and O–H groups in total. The molecule has 0 amide bonds. The molecule has 1 unspecified atom stereocenters. The molecule has 0 aromatic carbocycles. The van der Waals surface area contributed by atoms with Crippen molar-refractivity contribution in [2.24, 2.45) is 16.8 Å². The second-order valence-electron chi connectivity index (χ2n) is 7.99. The zero-order valence-electron chi connectivity index (χ0n) is 32.8. The molecule has 0 fully saturated rings. The standard InChI is InChI=1S/C11H21N.2C5H12.C4H9N.6C2H6/c1-4-5-6-12-8-10(2)7-11(3)9-12;1-4-5(2)3;2*1-3-5-4-2;6*1-2/h7,10H,4-6,8-9H2,1-3H3;5H,4H2,1-3H3;3-5H2,1-2H3;3H,4H2,1-2H3;6*1-2H3. The molecular formula is C37H90N2. The lowest BCUT2D eigenvalue weighted by Gasteiger charge is -2.29. The highest BCUT2D eigenvalue weighted by Crippen LogP contribution is 2.14. The van der Waals surface area contributed by atoms with Gasteiger partial charge in [-0.2, -0.15) is 0 Å². The van der Waals surface area contributed by atoms with Gasteiger partial charge in [-0.1, -0.05) is 175 Å². The van der Waals surface area contributed by atoms with Gasteiger partial charge >= 0.3 is 0 Å². The van der Waals surface area contributed by atoms with E-state index in [1.54, 1.807) is 11.8 Å². The van der Waals surface area contributed by atoms with Crippen molar-refractivity contribution >= 4 is 6.21 Å². The minimum atomic E-state index is 0.760. The fourth-order valence-electron chi connectivity index (χ4n) is 2.50. The van der Waals surface area contributed by atoms with Crippen LogP contribution in [-0.2, 0) is 0 Å². The number of unbranched alkanes of at least 4 members (excludes halogenated alkanes) is 3. The first-order chi connectivity index (χ1) is 18.8. The van der Waals surface area contributed by atoms with Crippen molar-refractivity contribution in [1.29, 1.82) is 0 Å². The Labute approximate surface area is 256 Å². The van der Waals surface area contributed by atoms with E-state index in [0.717, 1.165) is 18.4 Å². The fourth-order valence-corrected chi connectivity index (χ4v) is 2.50. The molecule has 0 aliphatic carbocycles. The predicted molar refractivity (Wildman–Crippen MR) is 197 cm³/mol. The fraction of sp³-hybridized carbons (Fsp3) is 0.919. The van der Waals surface area contributed by atoms with Gasteiger partial charge in [0.2, 0.25) is 0 Å². The summed E-state index contributed by atoms with van der Waals surface area (Å²) in [5, 5.41) is 0. The van der Waals surface area contributed by atoms with Gasteiger partial charge in [0.05, 0.1) is 0 Å². The molecule has 0 bridgehead atoms. The third-order valence-corrected chi connectivity index (χ3v) is 4.30. The number of aliphatic imine (C=N–C) groups is 1. The largest absolute Gasteiger partial charge is 0.299 e. The van der Waals surface area contributed by atoms with E-state index >= 15 is 0 Å². The van der Waals surface area contributed by atoms with E-state index in [2.05, 4.69) is 71.4 Å². The summed E-state index contributed by atoms with van der Waals surface area (Å²) in [6, 6.07) is 0. The van der Waals surface area contributed by atoms with Crippen molar-refractivity contribution in [3.05, 3.63) is 11.6 Å². The summed E-state index contributed by atoms with van der Waals surface area (Å²) in [6.07, 6.45) is 12.3. The molecule has 0 saturated heterocycles. The third-order valence-electron chi connectivity index (χ3n) is 4.30. The zero-order chi connectivity index (χ0) is 33.5. The average molecular weight is 563 g/mol. The Morgan fingerprint density at radius 3 is 1.31 bits per heavy atom. The number of nitrogens with zero attached hydrogens (tertiary/aromatic N) is 2. The van der Waals surface area contributed by atoms with E-state index in [1.165, 1.54) is 58.2 Å². The van der Waals surface area contributed by atoms with Gasteiger partial charge in [-0.05, 0) is 51.8 Å². The Morgan fingerprint density at radius 2 is 1.13 bits per heavy atom. The highest BCUT2D eigenvalue weighted by Gasteiger charge is 2.13. The molecule has 248 valence electrons. The van der Waals surface area contributed by atoms with Crippen molar-refractivity contribution in [2.75, 3.05) is 26.2 Å². The second-order valence-corrected chi connectivity index (χ2v) is 7.99. The molecule has 2 heteroatoms. The van der Waals surface area contributed by atoms with Crippen LogP contribution in [0.2, 0.25) is 0 Å². The Kier molecular flexibility index (Phi) is 133.